The van der Waals surface area contributed by atoms with Crippen LogP contribution < -0.4 is 0 Å². The predicted molar refractivity (Wildman–Crippen MR) is 55.7 cm³/mol. The molecular formula is C11H18N2O. The maximum Gasteiger partial charge on any atom is 0.222 e. The molecule has 0 saturated carbocycles. The molecule has 3 nitrogen and oxygen atoms in total. The number of hydrogen-bond acceptors (Lipinski definition) is 2. The van der Waals surface area contributed by atoms with E-state index < -0.39 is 0 Å². The molecule has 78 valence electrons. The number of amides is 1. The molecule has 0 aromatic rings. The van der Waals surface area contributed by atoms with Crippen LogP contribution in [0.1, 0.15) is 26.2 Å². The smallest absolute Gasteiger partial charge is 0.222 e. The van der Waals surface area contributed by atoms with Crippen molar-refractivity contribution in [3.63, 3.8) is 0 Å². The second-order valence-corrected chi connectivity index (χ2v) is 4.31. The number of rotatable bonds is 1. The Morgan fingerprint density at radius 3 is 3.00 bits per heavy atom. The molecule has 0 N–H and O–H groups in total. The van der Waals surface area contributed by atoms with Crippen molar-refractivity contribution in [1.29, 1.82) is 0 Å². The van der Waals surface area contributed by atoms with E-state index in [0.717, 1.165) is 44.6 Å². The first-order valence-electron chi connectivity index (χ1n) is 5.38. The van der Waals surface area contributed by atoms with Gasteiger partial charge < -0.3 is 9.80 Å². The molecule has 0 aliphatic carbocycles. The van der Waals surface area contributed by atoms with Gasteiger partial charge in [0.1, 0.15) is 0 Å². The summed E-state index contributed by atoms with van der Waals surface area (Å²) in [5.74, 6) is 0.350. The van der Waals surface area contributed by atoms with E-state index in [9.17, 15) is 4.79 Å². The summed E-state index contributed by atoms with van der Waals surface area (Å²) >= 11 is 0. The molecule has 14 heavy (non-hydrogen) atoms. The molecule has 0 unspecified atom stereocenters. The van der Waals surface area contributed by atoms with Crippen LogP contribution in [-0.4, -0.2) is 41.4 Å². The average Bonchev–Trinajstić information content (AvgIpc) is 2.17. The maximum atomic E-state index is 11.6. The molecule has 3 heteroatoms. The molecule has 2 aliphatic rings. The van der Waals surface area contributed by atoms with Gasteiger partial charge in [-0.25, -0.2) is 0 Å². The second kappa shape index (κ2) is 3.64. The van der Waals surface area contributed by atoms with Crippen molar-refractivity contribution in [2.24, 2.45) is 0 Å². The van der Waals surface area contributed by atoms with Gasteiger partial charge in [-0.3, -0.25) is 4.79 Å². The van der Waals surface area contributed by atoms with Crippen LogP contribution in [-0.2, 0) is 4.79 Å². The first-order valence-corrected chi connectivity index (χ1v) is 5.38. The van der Waals surface area contributed by atoms with Gasteiger partial charge in [0.15, 0.2) is 0 Å². The predicted octanol–water partition coefficient (Wildman–Crippen LogP) is 1.22. The Labute approximate surface area is 85.4 Å². The fraction of sp³-hybridized carbons (Fsp3) is 0.727. The van der Waals surface area contributed by atoms with Crippen molar-refractivity contribution >= 4 is 5.91 Å². The van der Waals surface area contributed by atoms with Gasteiger partial charge in [-0.05, 0) is 19.8 Å². The van der Waals surface area contributed by atoms with Crippen molar-refractivity contribution in [3.05, 3.63) is 12.3 Å². The molecule has 2 rings (SSSR count). The minimum atomic E-state index is 0.350. The highest BCUT2D eigenvalue weighted by Gasteiger charge is 2.32. The fourth-order valence-corrected chi connectivity index (χ4v) is 2.41. The molecule has 0 spiro atoms. The molecule has 1 amide bonds. The van der Waals surface area contributed by atoms with Gasteiger partial charge >= 0.3 is 0 Å². The standard InChI is InChI=1S/C11H18N2O/c1-9(2)12-6-7-13-10(8-12)4-3-5-11(13)14/h10H,1,3-8H2,2H3/t10-/m0/s1. The zero-order chi connectivity index (χ0) is 10.1. The highest BCUT2D eigenvalue weighted by molar-refractivity contribution is 5.77. The molecule has 0 radical (unpaired) electrons. The Morgan fingerprint density at radius 2 is 2.29 bits per heavy atom. The molecule has 1 atom stereocenters. The van der Waals surface area contributed by atoms with Crippen LogP contribution in [0.15, 0.2) is 12.3 Å². The molecule has 2 aliphatic heterocycles. The van der Waals surface area contributed by atoms with Gasteiger partial charge in [0, 0.05) is 37.8 Å². The Bertz CT molecular complexity index is 262. The topological polar surface area (TPSA) is 23.6 Å². The molecule has 2 heterocycles. The van der Waals surface area contributed by atoms with Gasteiger partial charge in [-0.1, -0.05) is 6.58 Å². The van der Waals surface area contributed by atoms with Gasteiger partial charge in [0.25, 0.3) is 0 Å². The Kier molecular flexibility index (Phi) is 2.48. The van der Waals surface area contributed by atoms with Gasteiger partial charge in [0.2, 0.25) is 5.91 Å². The molecule has 2 fully saturated rings. The lowest BCUT2D eigenvalue weighted by atomic mass is 9.99. The van der Waals surface area contributed by atoms with Crippen LogP contribution in [0.4, 0.5) is 0 Å². The highest BCUT2D eigenvalue weighted by Crippen LogP contribution is 2.23. The van der Waals surface area contributed by atoms with Crippen LogP contribution >= 0.6 is 0 Å². The van der Waals surface area contributed by atoms with Gasteiger partial charge in [-0.2, -0.15) is 0 Å². The van der Waals surface area contributed by atoms with Gasteiger partial charge in [-0.15, -0.1) is 0 Å². The second-order valence-electron chi connectivity index (χ2n) is 4.31. The van der Waals surface area contributed by atoms with E-state index in [1.54, 1.807) is 0 Å². The summed E-state index contributed by atoms with van der Waals surface area (Å²) in [5.41, 5.74) is 1.13. The zero-order valence-corrected chi connectivity index (χ0v) is 8.83. The molecule has 0 aromatic carbocycles. The highest BCUT2D eigenvalue weighted by atomic mass is 16.2. The lowest BCUT2D eigenvalue weighted by Crippen LogP contribution is -2.56. The van der Waals surface area contributed by atoms with E-state index in [2.05, 4.69) is 16.4 Å². The normalized spacial score (nSPS) is 27.5. The number of piperazine rings is 1. The Morgan fingerprint density at radius 1 is 1.50 bits per heavy atom. The van der Waals surface area contributed by atoms with Crippen LogP contribution in [0.5, 0.6) is 0 Å². The monoisotopic (exact) mass is 194 g/mol. The summed E-state index contributed by atoms with van der Waals surface area (Å²) in [5, 5.41) is 0. The SMILES string of the molecule is C=C(C)N1CCN2C(=O)CCC[C@H]2C1. The van der Waals surface area contributed by atoms with Crippen molar-refractivity contribution in [3.8, 4) is 0 Å². The van der Waals surface area contributed by atoms with Gasteiger partial charge in [0.05, 0.1) is 0 Å². The Balaban J connectivity index is 2.03. The van der Waals surface area contributed by atoms with E-state index >= 15 is 0 Å². The minimum absolute atomic E-state index is 0.350. The molecule has 0 aromatic heterocycles. The number of piperidine rings is 1. The number of nitrogens with zero attached hydrogens (tertiary/aromatic N) is 2. The summed E-state index contributed by atoms with van der Waals surface area (Å²) in [4.78, 5) is 15.9. The number of carbonyl (C=O) groups is 1. The number of allylic oxidation sites excluding steroid dienone is 1. The van der Waals surface area contributed by atoms with E-state index in [1.165, 1.54) is 0 Å². The summed E-state index contributed by atoms with van der Waals surface area (Å²) in [6, 6.07) is 0.446. The quantitative estimate of drug-likeness (QED) is 0.626. The first kappa shape index (κ1) is 9.56. The molecule has 0 bridgehead atoms. The van der Waals surface area contributed by atoms with Crippen LogP contribution in [0.3, 0.4) is 0 Å². The van der Waals surface area contributed by atoms with E-state index in [-0.39, 0.29) is 0 Å². The summed E-state index contributed by atoms with van der Waals surface area (Å²) in [6.45, 7) is 8.83. The van der Waals surface area contributed by atoms with Crippen molar-refractivity contribution < 1.29 is 4.79 Å². The minimum Gasteiger partial charge on any atom is -0.372 e. The first-order chi connectivity index (χ1) is 6.68. The largest absolute Gasteiger partial charge is 0.372 e. The van der Waals surface area contributed by atoms with Crippen LogP contribution in [0.25, 0.3) is 0 Å². The van der Waals surface area contributed by atoms with Crippen molar-refractivity contribution in [2.45, 2.75) is 32.2 Å². The third-order valence-corrected chi connectivity index (χ3v) is 3.27. The average molecular weight is 194 g/mol. The maximum absolute atomic E-state index is 11.6. The number of fused-ring (bicyclic) bond motifs is 1. The van der Waals surface area contributed by atoms with Crippen LogP contribution in [0, 0.1) is 0 Å². The van der Waals surface area contributed by atoms with Crippen molar-refractivity contribution in [2.75, 3.05) is 19.6 Å². The lowest BCUT2D eigenvalue weighted by Gasteiger charge is -2.44. The fourth-order valence-electron chi connectivity index (χ4n) is 2.41. The number of carbonyl (C=O) groups excluding carboxylic acids is 1. The third-order valence-electron chi connectivity index (χ3n) is 3.27. The van der Waals surface area contributed by atoms with Crippen LogP contribution in [0.2, 0.25) is 0 Å². The summed E-state index contributed by atoms with van der Waals surface area (Å²) in [7, 11) is 0. The zero-order valence-electron chi connectivity index (χ0n) is 8.83. The lowest BCUT2D eigenvalue weighted by molar-refractivity contribution is -0.138. The molecular weight excluding hydrogens is 176 g/mol. The number of hydrogen-bond donors (Lipinski definition) is 0. The summed E-state index contributed by atoms with van der Waals surface area (Å²) in [6.07, 6.45) is 2.98. The van der Waals surface area contributed by atoms with E-state index in [0.29, 0.717) is 11.9 Å². The third kappa shape index (κ3) is 1.63. The van der Waals surface area contributed by atoms with E-state index in [4.69, 9.17) is 0 Å². The summed E-state index contributed by atoms with van der Waals surface area (Å²) < 4.78 is 0. The molecule has 2 saturated heterocycles. The van der Waals surface area contributed by atoms with Crippen molar-refractivity contribution in [1.82, 2.24) is 9.80 Å². The van der Waals surface area contributed by atoms with E-state index in [1.807, 2.05) is 6.92 Å². The Hall–Kier alpha value is -0.990.